The van der Waals surface area contributed by atoms with Gasteiger partial charge in [-0.25, -0.2) is 13.2 Å². The van der Waals surface area contributed by atoms with Crippen LogP contribution in [0, 0.1) is 23.3 Å². The van der Waals surface area contributed by atoms with E-state index in [1.54, 1.807) is 0 Å². The summed E-state index contributed by atoms with van der Waals surface area (Å²) < 4.78 is 53.8. The van der Waals surface area contributed by atoms with Crippen LogP contribution in [-0.4, -0.2) is 20.4 Å². The minimum atomic E-state index is -2.01. The third kappa shape index (κ3) is 1.77. The second-order valence-electron chi connectivity index (χ2n) is 3.80. The first kappa shape index (κ1) is 13.8. The van der Waals surface area contributed by atoms with Gasteiger partial charge < -0.3 is 20.4 Å². The molecule has 0 aliphatic rings. The maximum Gasteiger partial charge on any atom is 0.205 e. The Labute approximate surface area is 108 Å². The molecule has 0 bridgehead atoms. The van der Waals surface area contributed by atoms with E-state index in [-0.39, 0.29) is 0 Å². The van der Waals surface area contributed by atoms with E-state index in [1.165, 1.54) is 0 Å². The maximum absolute atomic E-state index is 13.7. The highest BCUT2D eigenvalue weighted by Gasteiger charge is 2.29. The van der Waals surface area contributed by atoms with Crippen molar-refractivity contribution in [3.63, 3.8) is 0 Å². The lowest BCUT2D eigenvalue weighted by Gasteiger charge is -2.12. The fraction of sp³-hybridized carbons (Fsp3) is 0. The Morgan fingerprint density at radius 3 is 1.75 bits per heavy atom. The average Bonchev–Trinajstić information content (AvgIpc) is 2.42. The Balaban J connectivity index is 2.95. The van der Waals surface area contributed by atoms with Crippen LogP contribution in [0.4, 0.5) is 17.6 Å². The van der Waals surface area contributed by atoms with E-state index in [0.29, 0.717) is 12.1 Å². The molecule has 20 heavy (non-hydrogen) atoms. The summed E-state index contributed by atoms with van der Waals surface area (Å²) in [5, 5.41) is 36.9. The summed E-state index contributed by atoms with van der Waals surface area (Å²) in [6.45, 7) is 0. The molecule has 8 heteroatoms. The standard InChI is InChI=1S/C12H6F4O4/c13-3-1-2-4(17)5(10(3)18)6-7(14)9(16)12(20)11(19)8(6)15/h1-2,17-20H. The molecule has 0 radical (unpaired) electrons. The molecule has 0 unspecified atom stereocenters. The minimum absolute atomic E-state index is 0.612. The summed E-state index contributed by atoms with van der Waals surface area (Å²) in [5.74, 6) is -12.8. The number of phenolic OH excluding ortho intramolecular Hbond substituents is 4. The van der Waals surface area contributed by atoms with Gasteiger partial charge in [0.1, 0.15) is 5.75 Å². The molecule has 0 fully saturated rings. The molecule has 4 N–H and O–H groups in total. The van der Waals surface area contributed by atoms with Crippen LogP contribution >= 0.6 is 0 Å². The number of rotatable bonds is 1. The zero-order chi connectivity index (χ0) is 15.2. The number of halogens is 4. The maximum atomic E-state index is 13.7. The van der Waals surface area contributed by atoms with Crippen molar-refractivity contribution in [2.45, 2.75) is 0 Å². The van der Waals surface area contributed by atoms with Crippen molar-refractivity contribution in [2.75, 3.05) is 0 Å². The first-order valence-electron chi connectivity index (χ1n) is 5.06. The first-order valence-corrected chi connectivity index (χ1v) is 5.06. The van der Waals surface area contributed by atoms with Gasteiger partial charge in [-0.15, -0.1) is 0 Å². The van der Waals surface area contributed by atoms with E-state index in [9.17, 15) is 27.8 Å². The summed E-state index contributed by atoms with van der Waals surface area (Å²) in [4.78, 5) is 0. The van der Waals surface area contributed by atoms with E-state index in [2.05, 4.69) is 0 Å². The second-order valence-corrected chi connectivity index (χ2v) is 3.80. The molecule has 0 heterocycles. The highest BCUT2D eigenvalue weighted by Crippen LogP contribution is 2.46. The molecule has 0 saturated heterocycles. The Morgan fingerprint density at radius 1 is 0.600 bits per heavy atom. The fourth-order valence-corrected chi connectivity index (χ4v) is 1.66. The van der Waals surface area contributed by atoms with Crippen LogP contribution in [0.5, 0.6) is 23.0 Å². The molecule has 0 amide bonds. The Hall–Kier alpha value is -2.64. The number of benzene rings is 2. The average molecular weight is 290 g/mol. The van der Waals surface area contributed by atoms with Gasteiger partial charge in [0.2, 0.25) is 5.82 Å². The zero-order valence-electron chi connectivity index (χ0n) is 9.46. The zero-order valence-corrected chi connectivity index (χ0v) is 9.46. The van der Waals surface area contributed by atoms with Crippen LogP contribution in [0.15, 0.2) is 12.1 Å². The lowest BCUT2D eigenvalue weighted by Crippen LogP contribution is -1.98. The van der Waals surface area contributed by atoms with Crippen molar-refractivity contribution in [2.24, 2.45) is 0 Å². The monoisotopic (exact) mass is 290 g/mol. The Morgan fingerprint density at radius 2 is 1.15 bits per heavy atom. The smallest absolute Gasteiger partial charge is 0.205 e. The van der Waals surface area contributed by atoms with E-state index >= 15 is 0 Å². The van der Waals surface area contributed by atoms with E-state index in [4.69, 9.17) is 10.2 Å². The molecule has 2 aromatic carbocycles. The number of phenols is 4. The predicted octanol–water partition coefficient (Wildman–Crippen LogP) is 2.73. The molecular weight excluding hydrogens is 284 g/mol. The van der Waals surface area contributed by atoms with E-state index < -0.39 is 57.4 Å². The van der Waals surface area contributed by atoms with Crippen LogP contribution in [-0.2, 0) is 0 Å². The first-order chi connectivity index (χ1) is 9.27. The molecule has 4 nitrogen and oxygen atoms in total. The lowest BCUT2D eigenvalue weighted by molar-refractivity contribution is 0.345. The van der Waals surface area contributed by atoms with Gasteiger partial charge in [0.05, 0.1) is 11.1 Å². The molecular formula is C12H6F4O4. The minimum Gasteiger partial charge on any atom is -0.507 e. The summed E-state index contributed by atoms with van der Waals surface area (Å²) in [5.41, 5.74) is -2.50. The number of aromatic hydroxyl groups is 4. The van der Waals surface area contributed by atoms with Crippen LogP contribution in [0.3, 0.4) is 0 Å². The molecule has 2 rings (SSSR count). The van der Waals surface area contributed by atoms with Gasteiger partial charge in [0.15, 0.2) is 34.7 Å². The molecule has 2 aromatic rings. The highest BCUT2D eigenvalue weighted by atomic mass is 19.2. The summed E-state index contributed by atoms with van der Waals surface area (Å²) in [6.07, 6.45) is 0. The van der Waals surface area contributed by atoms with Gasteiger partial charge in [-0.1, -0.05) is 0 Å². The lowest BCUT2D eigenvalue weighted by atomic mass is 10.0. The van der Waals surface area contributed by atoms with Crippen molar-refractivity contribution in [1.29, 1.82) is 0 Å². The predicted molar refractivity (Wildman–Crippen MR) is 58.4 cm³/mol. The summed E-state index contributed by atoms with van der Waals surface area (Å²) >= 11 is 0. The topological polar surface area (TPSA) is 80.9 Å². The van der Waals surface area contributed by atoms with Gasteiger partial charge in [0.25, 0.3) is 0 Å². The van der Waals surface area contributed by atoms with Gasteiger partial charge in [-0.2, -0.15) is 4.39 Å². The Kier molecular flexibility index (Phi) is 3.09. The van der Waals surface area contributed by atoms with Crippen LogP contribution in [0.1, 0.15) is 0 Å². The highest BCUT2D eigenvalue weighted by molar-refractivity contribution is 5.79. The van der Waals surface area contributed by atoms with E-state index in [0.717, 1.165) is 0 Å². The summed E-state index contributed by atoms with van der Waals surface area (Å²) in [6, 6.07) is 1.28. The molecule has 0 saturated carbocycles. The third-order valence-corrected chi connectivity index (χ3v) is 2.63. The van der Waals surface area contributed by atoms with Gasteiger partial charge in [-0.05, 0) is 12.1 Å². The van der Waals surface area contributed by atoms with Crippen LogP contribution < -0.4 is 0 Å². The second kappa shape index (κ2) is 4.48. The van der Waals surface area contributed by atoms with Gasteiger partial charge >= 0.3 is 0 Å². The Bertz CT molecular complexity index is 686. The number of hydrogen-bond donors (Lipinski definition) is 4. The van der Waals surface area contributed by atoms with Crippen LogP contribution in [0.2, 0.25) is 0 Å². The molecule has 0 spiro atoms. The number of hydrogen-bond acceptors (Lipinski definition) is 4. The van der Waals surface area contributed by atoms with Crippen LogP contribution in [0.25, 0.3) is 11.1 Å². The normalized spacial score (nSPS) is 10.8. The third-order valence-electron chi connectivity index (χ3n) is 2.63. The quantitative estimate of drug-likeness (QED) is 0.370. The fourth-order valence-electron chi connectivity index (χ4n) is 1.66. The molecule has 106 valence electrons. The van der Waals surface area contributed by atoms with Gasteiger partial charge in [-0.3, -0.25) is 0 Å². The van der Waals surface area contributed by atoms with Gasteiger partial charge in [0, 0.05) is 0 Å². The van der Waals surface area contributed by atoms with Crippen molar-refractivity contribution in [3.8, 4) is 34.1 Å². The van der Waals surface area contributed by atoms with Crippen molar-refractivity contribution >= 4 is 0 Å². The molecule has 0 aliphatic carbocycles. The largest absolute Gasteiger partial charge is 0.507 e. The van der Waals surface area contributed by atoms with Crippen molar-refractivity contribution < 1.29 is 38.0 Å². The van der Waals surface area contributed by atoms with Crippen molar-refractivity contribution in [1.82, 2.24) is 0 Å². The summed E-state index contributed by atoms with van der Waals surface area (Å²) in [7, 11) is 0. The molecule has 0 aliphatic heterocycles. The van der Waals surface area contributed by atoms with E-state index in [1.807, 2.05) is 0 Å². The SMILES string of the molecule is Oc1ccc(F)c(O)c1-c1c(F)c(O)c(O)c(F)c1F. The van der Waals surface area contributed by atoms with Crippen molar-refractivity contribution in [3.05, 3.63) is 35.4 Å². The molecule has 0 aromatic heterocycles. The molecule has 0 atom stereocenters.